The highest BCUT2D eigenvalue weighted by atomic mass is 16.5. The van der Waals surface area contributed by atoms with E-state index in [4.69, 9.17) is 15.5 Å². The predicted molar refractivity (Wildman–Crippen MR) is 67.4 cm³/mol. The fourth-order valence-electron chi connectivity index (χ4n) is 1.90. The second kappa shape index (κ2) is 6.72. The third kappa shape index (κ3) is 3.21. The summed E-state index contributed by atoms with van der Waals surface area (Å²) in [5, 5.41) is 18.0. The van der Waals surface area contributed by atoms with Crippen LogP contribution in [0.2, 0.25) is 0 Å². The summed E-state index contributed by atoms with van der Waals surface area (Å²) >= 11 is 0. The van der Waals surface area contributed by atoms with Gasteiger partial charge in [0.15, 0.2) is 12.2 Å². The molecule has 1 aromatic heterocycles. The molecule has 0 bridgehead atoms. The molecule has 8 heteroatoms. The standard InChI is InChI=1S/C11H19N5O3/c1-3-11(4-2,9(12)16-18)10(17)13-6-5-8-14-7-15-19-8/h7,18H,3-6H2,1-2H3,(H2,12,16)(H,13,17). The second-order valence-corrected chi connectivity index (χ2v) is 4.12. The Bertz CT molecular complexity index is 426. The van der Waals surface area contributed by atoms with Gasteiger partial charge in [0, 0.05) is 13.0 Å². The van der Waals surface area contributed by atoms with Crippen molar-refractivity contribution in [2.24, 2.45) is 16.3 Å². The average Bonchev–Trinajstić information content (AvgIpc) is 2.93. The lowest BCUT2D eigenvalue weighted by molar-refractivity contribution is -0.128. The number of nitrogens with two attached hydrogens (primary N) is 1. The fraction of sp³-hybridized carbons (Fsp3) is 0.636. The number of aromatic nitrogens is 2. The molecule has 1 heterocycles. The van der Waals surface area contributed by atoms with Gasteiger partial charge in [0.05, 0.1) is 0 Å². The van der Waals surface area contributed by atoms with Crippen LogP contribution in [-0.4, -0.2) is 33.6 Å². The number of hydrogen-bond acceptors (Lipinski definition) is 6. The van der Waals surface area contributed by atoms with Crippen LogP contribution in [0, 0.1) is 5.41 Å². The number of hydrogen-bond donors (Lipinski definition) is 3. The largest absolute Gasteiger partial charge is 0.409 e. The van der Waals surface area contributed by atoms with Crippen LogP contribution in [0.4, 0.5) is 0 Å². The van der Waals surface area contributed by atoms with Crippen molar-refractivity contribution < 1.29 is 14.5 Å². The predicted octanol–water partition coefficient (Wildman–Crippen LogP) is 0.281. The number of oxime groups is 1. The molecule has 0 aliphatic rings. The molecule has 1 aromatic rings. The third-order valence-corrected chi connectivity index (χ3v) is 3.27. The Morgan fingerprint density at radius 2 is 2.26 bits per heavy atom. The smallest absolute Gasteiger partial charge is 0.233 e. The summed E-state index contributed by atoms with van der Waals surface area (Å²) in [7, 11) is 0. The summed E-state index contributed by atoms with van der Waals surface area (Å²) < 4.78 is 4.82. The molecule has 0 aliphatic heterocycles. The molecule has 0 saturated heterocycles. The van der Waals surface area contributed by atoms with Gasteiger partial charge >= 0.3 is 0 Å². The molecule has 19 heavy (non-hydrogen) atoms. The summed E-state index contributed by atoms with van der Waals surface area (Å²) in [5.41, 5.74) is 4.66. The van der Waals surface area contributed by atoms with Gasteiger partial charge in [-0.2, -0.15) is 4.98 Å². The van der Waals surface area contributed by atoms with Crippen LogP contribution in [0.15, 0.2) is 16.0 Å². The zero-order valence-electron chi connectivity index (χ0n) is 11.1. The first-order valence-electron chi connectivity index (χ1n) is 6.12. The molecule has 106 valence electrons. The molecule has 8 nitrogen and oxygen atoms in total. The maximum atomic E-state index is 12.2. The van der Waals surface area contributed by atoms with Crippen molar-refractivity contribution >= 4 is 11.7 Å². The van der Waals surface area contributed by atoms with E-state index in [1.54, 1.807) is 0 Å². The van der Waals surface area contributed by atoms with E-state index in [9.17, 15) is 4.79 Å². The summed E-state index contributed by atoms with van der Waals surface area (Å²) in [5.74, 6) is 0.0998. The van der Waals surface area contributed by atoms with E-state index in [0.29, 0.717) is 31.7 Å². The minimum absolute atomic E-state index is 0.0761. The Hall–Kier alpha value is -2.12. The number of carbonyl (C=O) groups is 1. The molecule has 0 atom stereocenters. The van der Waals surface area contributed by atoms with E-state index in [-0.39, 0.29) is 11.7 Å². The van der Waals surface area contributed by atoms with Crippen molar-refractivity contribution in [3.63, 3.8) is 0 Å². The first-order valence-corrected chi connectivity index (χ1v) is 6.12. The maximum absolute atomic E-state index is 12.2. The number of amidine groups is 1. The highest BCUT2D eigenvalue weighted by Crippen LogP contribution is 2.26. The van der Waals surface area contributed by atoms with E-state index in [0.717, 1.165) is 0 Å². The Kier molecular flexibility index (Phi) is 5.28. The highest BCUT2D eigenvalue weighted by molar-refractivity contribution is 6.06. The van der Waals surface area contributed by atoms with E-state index in [1.165, 1.54) is 6.33 Å². The zero-order chi connectivity index (χ0) is 14.3. The summed E-state index contributed by atoms with van der Waals surface area (Å²) in [6.45, 7) is 3.99. The van der Waals surface area contributed by atoms with E-state index >= 15 is 0 Å². The number of nitrogens with one attached hydrogen (secondary N) is 1. The van der Waals surface area contributed by atoms with Gasteiger partial charge in [-0.25, -0.2) is 0 Å². The van der Waals surface area contributed by atoms with Gasteiger partial charge in [-0.1, -0.05) is 24.2 Å². The van der Waals surface area contributed by atoms with E-state index in [1.807, 2.05) is 13.8 Å². The maximum Gasteiger partial charge on any atom is 0.233 e. The van der Waals surface area contributed by atoms with E-state index < -0.39 is 5.41 Å². The molecular weight excluding hydrogens is 250 g/mol. The topological polar surface area (TPSA) is 127 Å². The molecular formula is C11H19N5O3. The van der Waals surface area contributed by atoms with Gasteiger partial charge in [-0.3, -0.25) is 4.79 Å². The Labute approximate surface area is 111 Å². The highest BCUT2D eigenvalue weighted by Gasteiger charge is 2.39. The van der Waals surface area contributed by atoms with Crippen LogP contribution < -0.4 is 11.1 Å². The molecule has 0 spiro atoms. The summed E-state index contributed by atoms with van der Waals surface area (Å²) in [6, 6.07) is 0. The van der Waals surface area contributed by atoms with Crippen molar-refractivity contribution in [1.29, 1.82) is 0 Å². The van der Waals surface area contributed by atoms with Crippen molar-refractivity contribution in [3.8, 4) is 0 Å². The van der Waals surface area contributed by atoms with Crippen LogP contribution in [0.5, 0.6) is 0 Å². The first-order chi connectivity index (χ1) is 9.10. The molecule has 0 fully saturated rings. The van der Waals surface area contributed by atoms with Crippen LogP contribution in [0.25, 0.3) is 0 Å². The number of carbonyl (C=O) groups excluding carboxylic acids is 1. The molecule has 0 unspecified atom stereocenters. The lowest BCUT2D eigenvalue weighted by Gasteiger charge is -2.28. The van der Waals surface area contributed by atoms with Gasteiger partial charge in [0.25, 0.3) is 0 Å². The molecule has 0 aliphatic carbocycles. The minimum atomic E-state index is -0.983. The Morgan fingerprint density at radius 1 is 1.58 bits per heavy atom. The van der Waals surface area contributed by atoms with Crippen LogP contribution >= 0.6 is 0 Å². The summed E-state index contributed by atoms with van der Waals surface area (Å²) in [6.07, 6.45) is 2.64. The molecule has 0 aromatic carbocycles. The van der Waals surface area contributed by atoms with Crippen molar-refractivity contribution in [2.75, 3.05) is 6.54 Å². The average molecular weight is 269 g/mol. The quantitative estimate of drug-likeness (QED) is 0.282. The van der Waals surface area contributed by atoms with Gasteiger partial charge in [-0.15, -0.1) is 0 Å². The van der Waals surface area contributed by atoms with Gasteiger partial charge in [0.1, 0.15) is 5.41 Å². The molecule has 0 saturated carbocycles. The Morgan fingerprint density at radius 3 is 2.74 bits per heavy atom. The second-order valence-electron chi connectivity index (χ2n) is 4.12. The van der Waals surface area contributed by atoms with Crippen LogP contribution in [-0.2, 0) is 11.2 Å². The van der Waals surface area contributed by atoms with Gasteiger partial charge in [0.2, 0.25) is 11.8 Å². The number of amides is 1. The van der Waals surface area contributed by atoms with Crippen molar-refractivity contribution in [2.45, 2.75) is 33.1 Å². The van der Waals surface area contributed by atoms with Crippen LogP contribution in [0.3, 0.4) is 0 Å². The molecule has 1 rings (SSSR count). The monoisotopic (exact) mass is 269 g/mol. The zero-order valence-corrected chi connectivity index (χ0v) is 11.1. The molecule has 4 N–H and O–H groups in total. The Balaban J connectivity index is 2.63. The number of rotatable bonds is 7. The number of nitrogens with zero attached hydrogens (tertiary/aromatic N) is 3. The first kappa shape index (κ1) is 14.9. The van der Waals surface area contributed by atoms with E-state index in [2.05, 4.69) is 20.6 Å². The third-order valence-electron chi connectivity index (χ3n) is 3.27. The van der Waals surface area contributed by atoms with Crippen LogP contribution in [0.1, 0.15) is 32.6 Å². The minimum Gasteiger partial charge on any atom is -0.409 e. The lowest BCUT2D eigenvalue weighted by Crippen LogP contribution is -2.49. The molecule has 0 radical (unpaired) electrons. The summed E-state index contributed by atoms with van der Waals surface area (Å²) in [4.78, 5) is 16.1. The SMILES string of the molecule is CCC(CC)(C(=O)NCCc1ncno1)C(N)=NO. The molecule has 1 amide bonds. The van der Waals surface area contributed by atoms with Crippen molar-refractivity contribution in [3.05, 3.63) is 12.2 Å². The lowest BCUT2D eigenvalue weighted by atomic mass is 9.80. The normalized spacial score (nSPS) is 12.4. The fourth-order valence-corrected chi connectivity index (χ4v) is 1.90. The van der Waals surface area contributed by atoms with Gasteiger partial charge in [-0.05, 0) is 12.8 Å². The van der Waals surface area contributed by atoms with Gasteiger partial charge < -0.3 is 20.8 Å². The van der Waals surface area contributed by atoms with Crippen molar-refractivity contribution in [1.82, 2.24) is 15.5 Å².